The quantitative estimate of drug-likeness (QED) is 0.339. The highest BCUT2D eigenvalue weighted by Crippen LogP contribution is 2.28. The summed E-state index contributed by atoms with van der Waals surface area (Å²) in [5, 5.41) is 12.2. The number of methoxy groups -OCH3 is 1. The molecule has 0 aliphatic carbocycles. The van der Waals surface area contributed by atoms with Crippen molar-refractivity contribution in [1.82, 2.24) is 14.8 Å². The Morgan fingerprint density at radius 1 is 1.09 bits per heavy atom. The van der Waals surface area contributed by atoms with Crippen LogP contribution in [0.4, 0.5) is 5.69 Å². The molecule has 33 heavy (non-hydrogen) atoms. The molecule has 0 atom stereocenters. The third kappa shape index (κ3) is 5.56. The normalized spacial score (nSPS) is 10.7. The first-order valence-electron chi connectivity index (χ1n) is 10.4. The summed E-state index contributed by atoms with van der Waals surface area (Å²) in [6.07, 6.45) is 1.63. The lowest BCUT2D eigenvalue weighted by molar-refractivity contribution is -0.113. The van der Waals surface area contributed by atoms with Crippen LogP contribution in [0.2, 0.25) is 0 Å². The molecule has 2 aromatic heterocycles. The molecule has 0 unspecified atom stereocenters. The average Bonchev–Trinajstić information content (AvgIpc) is 3.50. The van der Waals surface area contributed by atoms with Gasteiger partial charge in [-0.25, -0.2) is 0 Å². The number of nitrogens with one attached hydrogen (secondary N) is 1. The van der Waals surface area contributed by atoms with Gasteiger partial charge < -0.3 is 19.2 Å². The number of hydrogen-bond acceptors (Lipinski definition) is 7. The summed E-state index contributed by atoms with van der Waals surface area (Å²) in [6.45, 7) is 2.87. The number of benzene rings is 2. The summed E-state index contributed by atoms with van der Waals surface area (Å²) in [5.74, 6) is 2.85. The maximum Gasteiger partial charge on any atom is 0.234 e. The fourth-order valence-electron chi connectivity index (χ4n) is 3.22. The van der Waals surface area contributed by atoms with E-state index in [1.807, 2.05) is 72.2 Å². The molecule has 4 rings (SSSR count). The Bertz CT molecular complexity index is 1190. The van der Waals surface area contributed by atoms with Crippen LogP contribution in [0, 0.1) is 0 Å². The highest BCUT2D eigenvalue weighted by Gasteiger charge is 2.17. The van der Waals surface area contributed by atoms with Crippen molar-refractivity contribution in [2.45, 2.75) is 18.6 Å². The number of para-hydroxylation sites is 2. The van der Waals surface area contributed by atoms with Gasteiger partial charge in [-0.2, -0.15) is 0 Å². The SMILES string of the molecule is CCOc1ccccc1NC(=O)CSc1nnc(-c2ccc(OC)cc2)n1Cc1ccco1. The van der Waals surface area contributed by atoms with Crippen LogP contribution >= 0.6 is 11.8 Å². The Morgan fingerprint density at radius 2 is 1.91 bits per heavy atom. The van der Waals surface area contributed by atoms with Gasteiger partial charge in [-0.15, -0.1) is 10.2 Å². The van der Waals surface area contributed by atoms with Gasteiger partial charge >= 0.3 is 0 Å². The molecule has 2 aromatic carbocycles. The van der Waals surface area contributed by atoms with Crippen LogP contribution in [0.3, 0.4) is 0 Å². The molecule has 0 bridgehead atoms. The van der Waals surface area contributed by atoms with E-state index >= 15 is 0 Å². The van der Waals surface area contributed by atoms with Gasteiger partial charge in [-0.05, 0) is 55.5 Å². The zero-order chi connectivity index (χ0) is 23.0. The van der Waals surface area contributed by atoms with E-state index < -0.39 is 0 Å². The number of nitrogens with zero attached hydrogens (tertiary/aromatic N) is 3. The van der Waals surface area contributed by atoms with Crippen molar-refractivity contribution in [2.75, 3.05) is 24.8 Å². The second-order valence-electron chi connectivity index (χ2n) is 6.97. The molecule has 170 valence electrons. The van der Waals surface area contributed by atoms with Gasteiger partial charge in [0.25, 0.3) is 0 Å². The molecule has 1 N–H and O–H groups in total. The number of hydrogen-bond donors (Lipinski definition) is 1. The number of rotatable bonds is 10. The third-order valence-electron chi connectivity index (χ3n) is 4.75. The van der Waals surface area contributed by atoms with Gasteiger partial charge in [0.15, 0.2) is 11.0 Å². The first kappa shape index (κ1) is 22.5. The van der Waals surface area contributed by atoms with Crippen molar-refractivity contribution in [3.05, 3.63) is 72.7 Å². The zero-order valence-corrected chi connectivity index (χ0v) is 19.2. The predicted molar refractivity (Wildman–Crippen MR) is 127 cm³/mol. The molecule has 0 saturated heterocycles. The molecule has 0 spiro atoms. The minimum absolute atomic E-state index is 0.161. The fourth-order valence-corrected chi connectivity index (χ4v) is 3.96. The summed E-state index contributed by atoms with van der Waals surface area (Å²) in [7, 11) is 1.63. The summed E-state index contributed by atoms with van der Waals surface area (Å²) in [4.78, 5) is 12.6. The maximum absolute atomic E-state index is 12.6. The molecule has 9 heteroatoms. The number of thioether (sulfide) groups is 1. The van der Waals surface area contributed by atoms with Gasteiger partial charge in [-0.1, -0.05) is 23.9 Å². The molecular formula is C24H24N4O4S. The number of carbonyl (C=O) groups excluding carboxylic acids is 1. The minimum Gasteiger partial charge on any atom is -0.497 e. The summed E-state index contributed by atoms with van der Waals surface area (Å²) < 4.78 is 18.3. The molecule has 2 heterocycles. The lowest BCUT2D eigenvalue weighted by atomic mass is 10.2. The van der Waals surface area contributed by atoms with Crippen molar-refractivity contribution in [3.63, 3.8) is 0 Å². The molecule has 0 aliphatic rings. The van der Waals surface area contributed by atoms with E-state index in [1.165, 1.54) is 11.8 Å². The van der Waals surface area contributed by atoms with Gasteiger partial charge in [-0.3, -0.25) is 9.36 Å². The molecule has 0 fully saturated rings. The monoisotopic (exact) mass is 464 g/mol. The number of ether oxygens (including phenoxy) is 2. The molecule has 1 amide bonds. The van der Waals surface area contributed by atoms with Crippen LogP contribution in [-0.4, -0.2) is 40.1 Å². The number of amides is 1. The van der Waals surface area contributed by atoms with E-state index in [1.54, 1.807) is 13.4 Å². The van der Waals surface area contributed by atoms with E-state index in [-0.39, 0.29) is 11.7 Å². The summed E-state index contributed by atoms with van der Waals surface area (Å²) in [6, 6.07) is 18.7. The minimum atomic E-state index is -0.161. The Morgan fingerprint density at radius 3 is 2.64 bits per heavy atom. The number of anilines is 1. The van der Waals surface area contributed by atoms with Crippen molar-refractivity contribution in [1.29, 1.82) is 0 Å². The van der Waals surface area contributed by atoms with Crippen LogP contribution in [0.1, 0.15) is 12.7 Å². The van der Waals surface area contributed by atoms with E-state index in [0.717, 1.165) is 17.1 Å². The van der Waals surface area contributed by atoms with Crippen molar-refractivity contribution in [3.8, 4) is 22.9 Å². The van der Waals surface area contributed by atoms with Crippen molar-refractivity contribution < 1.29 is 18.7 Å². The second-order valence-corrected chi connectivity index (χ2v) is 7.91. The van der Waals surface area contributed by atoms with Crippen molar-refractivity contribution in [2.24, 2.45) is 0 Å². The van der Waals surface area contributed by atoms with Crippen LogP contribution in [0.5, 0.6) is 11.5 Å². The fraction of sp³-hybridized carbons (Fsp3) is 0.208. The van der Waals surface area contributed by atoms with E-state index in [2.05, 4.69) is 15.5 Å². The topological polar surface area (TPSA) is 91.4 Å². The summed E-state index contributed by atoms with van der Waals surface area (Å²) >= 11 is 1.31. The molecule has 0 saturated carbocycles. The Kier molecular flexibility index (Phi) is 7.31. The predicted octanol–water partition coefficient (Wildman–Crippen LogP) is 4.72. The summed E-state index contributed by atoms with van der Waals surface area (Å²) in [5.41, 5.74) is 1.53. The number of aromatic nitrogens is 3. The Hall–Kier alpha value is -3.72. The molecular weight excluding hydrogens is 440 g/mol. The number of furan rings is 1. The van der Waals surface area contributed by atoms with Crippen LogP contribution < -0.4 is 14.8 Å². The average molecular weight is 465 g/mol. The first-order valence-corrected chi connectivity index (χ1v) is 11.4. The Balaban J connectivity index is 1.52. The van der Waals surface area contributed by atoms with Gasteiger partial charge in [0.2, 0.25) is 5.91 Å². The first-order chi connectivity index (χ1) is 16.2. The third-order valence-corrected chi connectivity index (χ3v) is 5.72. The maximum atomic E-state index is 12.6. The molecule has 4 aromatic rings. The number of carbonyl (C=O) groups is 1. The lowest BCUT2D eigenvalue weighted by Crippen LogP contribution is -2.15. The van der Waals surface area contributed by atoms with E-state index in [0.29, 0.717) is 35.6 Å². The smallest absolute Gasteiger partial charge is 0.234 e. The van der Waals surface area contributed by atoms with Gasteiger partial charge in [0, 0.05) is 5.56 Å². The van der Waals surface area contributed by atoms with Crippen LogP contribution in [-0.2, 0) is 11.3 Å². The van der Waals surface area contributed by atoms with Gasteiger partial charge in [0.1, 0.15) is 17.3 Å². The van der Waals surface area contributed by atoms with Crippen LogP contribution in [0.15, 0.2) is 76.5 Å². The van der Waals surface area contributed by atoms with E-state index in [4.69, 9.17) is 13.9 Å². The molecule has 0 radical (unpaired) electrons. The zero-order valence-electron chi connectivity index (χ0n) is 18.4. The lowest BCUT2D eigenvalue weighted by Gasteiger charge is -2.11. The Labute approximate surface area is 195 Å². The molecule has 8 nitrogen and oxygen atoms in total. The second kappa shape index (κ2) is 10.7. The largest absolute Gasteiger partial charge is 0.497 e. The van der Waals surface area contributed by atoms with Gasteiger partial charge in [0.05, 0.1) is 38.0 Å². The highest BCUT2D eigenvalue weighted by atomic mass is 32.2. The standard InChI is InChI=1S/C24H24N4O4S/c1-3-31-21-9-5-4-8-20(21)25-22(29)16-33-24-27-26-23(17-10-12-18(30-2)13-11-17)28(24)15-19-7-6-14-32-19/h4-14H,3,15-16H2,1-2H3,(H,25,29). The highest BCUT2D eigenvalue weighted by molar-refractivity contribution is 7.99. The van der Waals surface area contributed by atoms with E-state index in [9.17, 15) is 4.79 Å². The van der Waals surface area contributed by atoms with Crippen LogP contribution in [0.25, 0.3) is 11.4 Å². The molecule has 0 aliphatic heterocycles. The van der Waals surface area contributed by atoms with Crippen molar-refractivity contribution >= 4 is 23.4 Å².